The zero-order valence-corrected chi connectivity index (χ0v) is 14.3. The second-order valence-corrected chi connectivity index (χ2v) is 6.55. The van der Waals surface area contributed by atoms with Crippen LogP contribution in [0.15, 0.2) is 34.9 Å². The number of aromatic hydroxyl groups is 1. The first-order chi connectivity index (χ1) is 11.3. The van der Waals surface area contributed by atoms with Crippen molar-refractivity contribution in [2.45, 2.75) is 45.7 Å². The molecule has 1 heterocycles. The van der Waals surface area contributed by atoms with E-state index in [-0.39, 0.29) is 23.4 Å². The predicted molar refractivity (Wildman–Crippen MR) is 91.6 cm³/mol. The Morgan fingerprint density at radius 2 is 1.96 bits per heavy atom. The zero-order chi connectivity index (χ0) is 17.7. The molecule has 0 radical (unpaired) electrons. The molecule has 2 aromatic rings. The highest BCUT2D eigenvalue weighted by molar-refractivity contribution is 5.92. The van der Waals surface area contributed by atoms with Gasteiger partial charge in [-0.2, -0.15) is 0 Å². The van der Waals surface area contributed by atoms with E-state index in [2.05, 4.69) is 24.1 Å². The third-order valence-electron chi connectivity index (χ3n) is 3.67. The fraction of sp³-hybridized carbons (Fsp3) is 0.444. The van der Waals surface area contributed by atoms with Crippen LogP contribution in [0.2, 0.25) is 0 Å². The van der Waals surface area contributed by atoms with Gasteiger partial charge in [0.1, 0.15) is 12.0 Å². The van der Waals surface area contributed by atoms with E-state index in [9.17, 15) is 9.90 Å². The largest absolute Gasteiger partial charge is 0.508 e. The van der Waals surface area contributed by atoms with E-state index in [0.29, 0.717) is 18.2 Å². The van der Waals surface area contributed by atoms with Crippen molar-refractivity contribution >= 4 is 5.91 Å². The molecule has 1 amide bonds. The molecule has 4 N–H and O–H groups in total. The number of phenols is 1. The molecule has 0 saturated heterocycles. The first kappa shape index (κ1) is 18.0. The van der Waals surface area contributed by atoms with E-state index >= 15 is 0 Å². The molecule has 0 bridgehead atoms. The number of phenolic OH excluding ortho intramolecular Hbond substituents is 1. The number of carbonyl (C=O) groups excluding carboxylic acids is 1. The first-order valence-electron chi connectivity index (χ1n) is 8.15. The molecular formula is C18H25N3O3. The van der Waals surface area contributed by atoms with Crippen molar-refractivity contribution < 1.29 is 14.3 Å². The van der Waals surface area contributed by atoms with Crippen LogP contribution in [0.4, 0.5) is 0 Å². The topological polar surface area (TPSA) is 101 Å². The number of amides is 1. The van der Waals surface area contributed by atoms with Crippen molar-refractivity contribution in [3.63, 3.8) is 0 Å². The van der Waals surface area contributed by atoms with Gasteiger partial charge in [-0.1, -0.05) is 26.0 Å². The summed E-state index contributed by atoms with van der Waals surface area (Å²) in [5.41, 5.74) is 7.29. The number of nitrogens with zero attached hydrogens (tertiary/aromatic N) is 1. The summed E-state index contributed by atoms with van der Waals surface area (Å²) in [5, 5.41) is 12.2. The van der Waals surface area contributed by atoms with Crippen LogP contribution in [-0.4, -0.2) is 22.0 Å². The van der Waals surface area contributed by atoms with Crippen molar-refractivity contribution in [3.8, 4) is 5.75 Å². The standard InChI is InChI=1S/C18H25N3O3/c1-11(2)8-12(3)20-17(23)16-10-24-18(21-16)15(19)9-13-4-6-14(22)7-5-13/h4-7,10-12,15,22H,8-9,19H2,1-3H3,(H,20,23). The average molecular weight is 331 g/mol. The highest BCUT2D eigenvalue weighted by Crippen LogP contribution is 2.18. The first-order valence-corrected chi connectivity index (χ1v) is 8.15. The van der Waals surface area contributed by atoms with Gasteiger partial charge in [0.2, 0.25) is 5.89 Å². The lowest BCUT2D eigenvalue weighted by molar-refractivity contribution is 0.0931. The van der Waals surface area contributed by atoms with E-state index in [1.165, 1.54) is 6.26 Å². The van der Waals surface area contributed by atoms with Crippen LogP contribution < -0.4 is 11.1 Å². The van der Waals surface area contributed by atoms with E-state index in [1.807, 2.05) is 6.92 Å². The molecule has 1 aromatic carbocycles. The van der Waals surface area contributed by atoms with Crippen LogP contribution in [0.3, 0.4) is 0 Å². The minimum atomic E-state index is -0.454. The van der Waals surface area contributed by atoms with Gasteiger partial charge in [-0.25, -0.2) is 4.98 Å². The second kappa shape index (κ2) is 7.97. The average Bonchev–Trinajstić information content (AvgIpc) is 2.98. The molecule has 0 saturated carbocycles. The van der Waals surface area contributed by atoms with Crippen LogP contribution in [-0.2, 0) is 6.42 Å². The quantitative estimate of drug-likeness (QED) is 0.724. The number of oxazole rings is 1. The van der Waals surface area contributed by atoms with Crippen molar-refractivity contribution in [1.29, 1.82) is 0 Å². The van der Waals surface area contributed by atoms with Gasteiger partial charge < -0.3 is 20.6 Å². The van der Waals surface area contributed by atoms with Gasteiger partial charge in [0.15, 0.2) is 5.69 Å². The minimum Gasteiger partial charge on any atom is -0.508 e. The molecule has 0 spiro atoms. The number of aromatic nitrogens is 1. The highest BCUT2D eigenvalue weighted by atomic mass is 16.3. The summed E-state index contributed by atoms with van der Waals surface area (Å²) in [6, 6.07) is 6.41. The summed E-state index contributed by atoms with van der Waals surface area (Å²) in [6.45, 7) is 6.19. The van der Waals surface area contributed by atoms with Crippen LogP contribution in [0.5, 0.6) is 5.75 Å². The van der Waals surface area contributed by atoms with Gasteiger partial charge in [0, 0.05) is 6.04 Å². The molecule has 130 valence electrons. The summed E-state index contributed by atoms with van der Waals surface area (Å²) in [4.78, 5) is 16.4. The number of nitrogens with one attached hydrogen (secondary N) is 1. The molecule has 24 heavy (non-hydrogen) atoms. The van der Waals surface area contributed by atoms with Gasteiger partial charge in [-0.15, -0.1) is 0 Å². The Balaban J connectivity index is 1.96. The predicted octanol–water partition coefficient (Wildman–Crippen LogP) is 2.79. The Hall–Kier alpha value is -2.34. The number of hydrogen-bond acceptors (Lipinski definition) is 5. The summed E-state index contributed by atoms with van der Waals surface area (Å²) in [6.07, 6.45) is 2.74. The van der Waals surface area contributed by atoms with Gasteiger partial charge in [-0.3, -0.25) is 4.79 Å². The van der Waals surface area contributed by atoms with Crippen LogP contribution in [0, 0.1) is 5.92 Å². The van der Waals surface area contributed by atoms with Gasteiger partial charge >= 0.3 is 0 Å². The highest BCUT2D eigenvalue weighted by Gasteiger charge is 2.19. The minimum absolute atomic E-state index is 0.0725. The van der Waals surface area contributed by atoms with Crippen molar-refractivity contribution in [2.24, 2.45) is 11.7 Å². The maximum absolute atomic E-state index is 12.2. The number of nitrogens with two attached hydrogens (primary N) is 1. The number of hydrogen-bond donors (Lipinski definition) is 3. The van der Waals surface area contributed by atoms with Gasteiger partial charge in [-0.05, 0) is 43.4 Å². The molecule has 2 atom stereocenters. The molecule has 0 aliphatic rings. The molecule has 6 nitrogen and oxygen atoms in total. The summed E-state index contributed by atoms with van der Waals surface area (Å²) < 4.78 is 5.36. The molecule has 1 aromatic heterocycles. The number of benzene rings is 1. The molecular weight excluding hydrogens is 306 g/mol. The molecule has 6 heteroatoms. The van der Waals surface area contributed by atoms with E-state index in [4.69, 9.17) is 10.2 Å². The van der Waals surface area contributed by atoms with E-state index < -0.39 is 6.04 Å². The smallest absolute Gasteiger partial charge is 0.273 e. The molecule has 2 unspecified atom stereocenters. The van der Waals surface area contributed by atoms with Gasteiger partial charge in [0.25, 0.3) is 5.91 Å². The lowest BCUT2D eigenvalue weighted by atomic mass is 10.1. The third-order valence-corrected chi connectivity index (χ3v) is 3.67. The normalized spacial score (nSPS) is 13.7. The summed E-state index contributed by atoms with van der Waals surface area (Å²) in [7, 11) is 0. The molecule has 0 aliphatic carbocycles. The van der Waals surface area contributed by atoms with Crippen LogP contribution in [0.1, 0.15) is 55.2 Å². The van der Waals surface area contributed by atoms with Crippen LogP contribution in [0.25, 0.3) is 0 Å². The Labute approximate surface area is 142 Å². The van der Waals surface area contributed by atoms with Crippen molar-refractivity contribution in [3.05, 3.63) is 47.7 Å². The fourth-order valence-electron chi connectivity index (χ4n) is 2.60. The van der Waals surface area contributed by atoms with E-state index in [1.54, 1.807) is 24.3 Å². The Kier molecular flexibility index (Phi) is 5.98. The van der Waals surface area contributed by atoms with Crippen molar-refractivity contribution in [2.75, 3.05) is 0 Å². The lowest BCUT2D eigenvalue weighted by Gasteiger charge is -2.14. The fourth-order valence-corrected chi connectivity index (χ4v) is 2.60. The summed E-state index contributed by atoms with van der Waals surface area (Å²) >= 11 is 0. The molecule has 0 aliphatic heterocycles. The lowest BCUT2D eigenvalue weighted by Crippen LogP contribution is -2.33. The monoisotopic (exact) mass is 331 g/mol. The molecule has 2 rings (SSSR count). The number of rotatable bonds is 7. The summed E-state index contributed by atoms with van der Waals surface area (Å²) in [5.74, 6) is 0.782. The Morgan fingerprint density at radius 1 is 1.29 bits per heavy atom. The Bertz CT molecular complexity index is 664. The van der Waals surface area contributed by atoms with Crippen molar-refractivity contribution in [1.82, 2.24) is 10.3 Å². The van der Waals surface area contributed by atoms with Crippen LogP contribution >= 0.6 is 0 Å². The zero-order valence-electron chi connectivity index (χ0n) is 14.3. The molecule has 0 fully saturated rings. The third kappa shape index (κ3) is 5.09. The van der Waals surface area contributed by atoms with E-state index in [0.717, 1.165) is 12.0 Å². The maximum atomic E-state index is 12.2. The Morgan fingerprint density at radius 3 is 2.58 bits per heavy atom. The second-order valence-electron chi connectivity index (χ2n) is 6.55. The number of carbonyl (C=O) groups is 1. The SMILES string of the molecule is CC(C)CC(C)NC(=O)c1coc(C(N)Cc2ccc(O)cc2)n1. The maximum Gasteiger partial charge on any atom is 0.273 e. The van der Waals surface area contributed by atoms with Gasteiger partial charge in [0.05, 0.1) is 6.04 Å².